The van der Waals surface area contributed by atoms with E-state index in [1.807, 2.05) is 37.3 Å². The zero-order valence-electron chi connectivity index (χ0n) is 23.2. The molecule has 1 saturated heterocycles. The molecule has 0 saturated carbocycles. The molecule has 3 aromatic rings. The Bertz CT molecular complexity index is 1550. The minimum Gasteiger partial charge on any atom is -0.389 e. The number of halogens is 2. The van der Waals surface area contributed by atoms with Crippen molar-refractivity contribution in [2.75, 3.05) is 41.9 Å². The maximum absolute atomic E-state index is 14.6. The number of aryl methyl sites for hydroxylation is 1. The summed E-state index contributed by atoms with van der Waals surface area (Å²) in [4.78, 5) is 4.71. The van der Waals surface area contributed by atoms with E-state index < -0.39 is 21.4 Å². The van der Waals surface area contributed by atoms with E-state index in [1.54, 1.807) is 51.1 Å². The predicted molar refractivity (Wildman–Crippen MR) is 161 cm³/mol. The fourth-order valence-corrected chi connectivity index (χ4v) is 7.70. The van der Waals surface area contributed by atoms with Gasteiger partial charge in [-0.3, -0.25) is 9.21 Å². The molecular formula is C31H35ClFN3O3S. The lowest BCUT2D eigenvalue weighted by atomic mass is 10.00. The number of β-amino-alcohol motifs (C(OH)–C–C–N with tert-alkyl or cyclic N) is 1. The zero-order valence-corrected chi connectivity index (χ0v) is 24.8. The molecule has 1 N–H and O–H groups in total. The Hall–Kier alpha value is -2.91. The highest BCUT2D eigenvalue weighted by molar-refractivity contribution is 7.92. The van der Waals surface area contributed by atoms with E-state index >= 15 is 0 Å². The second-order valence-corrected chi connectivity index (χ2v) is 13.7. The van der Waals surface area contributed by atoms with Crippen LogP contribution in [0.3, 0.4) is 0 Å². The van der Waals surface area contributed by atoms with Crippen molar-refractivity contribution >= 4 is 44.6 Å². The number of rotatable bonds is 6. The largest absolute Gasteiger partial charge is 0.389 e. The Morgan fingerprint density at radius 1 is 1.07 bits per heavy atom. The van der Waals surface area contributed by atoms with Crippen LogP contribution in [0.25, 0.3) is 11.6 Å². The number of nitrogens with zero attached hydrogens (tertiary/aromatic N) is 3. The van der Waals surface area contributed by atoms with Crippen molar-refractivity contribution in [3.63, 3.8) is 0 Å². The van der Waals surface area contributed by atoms with Gasteiger partial charge in [-0.25, -0.2) is 12.8 Å². The van der Waals surface area contributed by atoms with Crippen molar-refractivity contribution in [3.05, 3.63) is 88.2 Å². The van der Waals surface area contributed by atoms with Crippen molar-refractivity contribution in [3.8, 4) is 0 Å². The van der Waals surface area contributed by atoms with Crippen molar-refractivity contribution < 1.29 is 17.9 Å². The standard InChI is InChI=1S/C31H35ClFN3O3S/c1-21-7-5-8-25(15-21)40(38,39)36-19-24-18-34(20-31(3,4)37)13-14-35(24)28-12-11-23(17-29(28)36)16-22(2)30-26(32)9-6-10-27(30)33/h5-12,15-17,24,37H,13-14,18-20H2,1-4H3/b22-16+/t24-/m0/s1. The number of sulfonamides is 1. The first kappa shape index (κ1) is 28.6. The number of benzene rings is 3. The molecule has 2 aliphatic heterocycles. The second kappa shape index (κ2) is 10.8. The molecule has 0 bridgehead atoms. The van der Waals surface area contributed by atoms with Gasteiger partial charge < -0.3 is 10.0 Å². The number of aliphatic hydroxyl groups is 1. The fraction of sp³-hybridized carbons (Fsp3) is 0.355. The Morgan fingerprint density at radius 3 is 2.52 bits per heavy atom. The van der Waals surface area contributed by atoms with Crippen molar-refractivity contribution in [2.45, 2.75) is 44.2 Å². The molecule has 0 aromatic heterocycles. The molecule has 1 atom stereocenters. The quantitative estimate of drug-likeness (QED) is 0.371. The van der Waals surface area contributed by atoms with Gasteiger partial charge in [-0.2, -0.15) is 0 Å². The van der Waals surface area contributed by atoms with Crippen LogP contribution in [0.2, 0.25) is 5.02 Å². The van der Waals surface area contributed by atoms with E-state index in [4.69, 9.17) is 11.6 Å². The molecular weight excluding hydrogens is 549 g/mol. The zero-order chi connectivity index (χ0) is 28.8. The van der Waals surface area contributed by atoms with Crippen LogP contribution in [-0.4, -0.2) is 62.8 Å². The third-order valence-corrected chi connectivity index (χ3v) is 9.54. The van der Waals surface area contributed by atoms with E-state index in [9.17, 15) is 17.9 Å². The summed E-state index contributed by atoms with van der Waals surface area (Å²) in [6.45, 7) is 10.1. The number of anilines is 2. The molecule has 9 heteroatoms. The van der Waals surface area contributed by atoms with Gasteiger partial charge in [0.1, 0.15) is 5.82 Å². The average Bonchev–Trinajstić information content (AvgIpc) is 2.87. The average molecular weight is 584 g/mol. The first-order valence-corrected chi connectivity index (χ1v) is 15.2. The molecule has 2 aliphatic rings. The summed E-state index contributed by atoms with van der Waals surface area (Å²) >= 11 is 6.30. The van der Waals surface area contributed by atoms with Gasteiger partial charge in [-0.1, -0.05) is 41.9 Å². The highest BCUT2D eigenvalue weighted by Crippen LogP contribution is 2.41. The molecule has 0 unspecified atom stereocenters. The topological polar surface area (TPSA) is 64.1 Å². The SMILES string of the molecule is C/C(=C\c1ccc2c(c1)N(S(=O)(=O)c1cccc(C)c1)C[C@@H]1CN(CC(C)(C)O)CCN21)c1c(F)cccc1Cl. The first-order valence-electron chi connectivity index (χ1n) is 13.4. The smallest absolute Gasteiger partial charge is 0.264 e. The molecule has 6 nitrogen and oxygen atoms in total. The third-order valence-electron chi connectivity index (χ3n) is 7.45. The predicted octanol–water partition coefficient (Wildman–Crippen LogP) is 5.82. The summed E-state index contributed by atoms with van der Waals surface area (Å²) in [5.41, 5.74) is 3.17. The third kappa shape index (κ3) is 5.77. The van der Waals surface area contributed by atoms with Crippen LogP contribution in [0, 0.1) is 12.7 Å². The first-order chi connectivity index (χ1) is 18.8. The summed E-state index contributed by atoms with van der Waals surface area (Å²) in [7, 11) is -3.87. The maximum Gasteiger partial charge on any atom is 0.264 e. The van der Waals surface area contributed by atoms with Gasteiger partial charge in [-0.05, 0) is 80.8 Å². The molecule has 40 heavy (non-hydrogen) atoms. The van der Waals surface area contributed by atoms with Crippen molar-refractivity contribution in [1.29, 1.82) is 0 Å². The lowest BCUT2D eigenvalue weighted by molar-refractivity contribution is 0.0302. The monoisotopic (exact) mass is 583 g/mol. The minimum atomic E-state index is -3.87. The van der Waals surface area contributed by atoms with E-state index in [0.29, 0.717) is 41.5 Å². The highest BCUT2D eigenvalue weighted by Gasteiger charge is 2.40. The van der Waals surface area contributed by atoms with Gasteiger partial charge in [0.05, 0.1) is 39.5 Å². The van der Waals surface area contributed by atoms with E-state index in [1.165, 1.54) is 10.4 Å². The van der Waals surface area contributed by atoms with Crippen LogP contribution in [-0.2, 0) is 10.0 Å². The molecule has 212 valence electrons. The summed E-state index contributed by atoms with van der Waals surface area (Å²) in [5.74, 6) is -0.408. The number of hydrogen-bond acceptors (Lipinski definition) is 5. The fourth-order valence-electron chi connectivity index (χ4n) is 5.77. The van der Waals surface area contributed by atoms with Crippen LogP contribution < -0.4 is 9.21 Å². The molecule has 1 fully saturated rings. The molecule has 0 spiro atoms. The Kier molecular flexibility index (Phi) is 7.74. The lowest BCUT2D eigenvalue weighted by Crippen LogP contribution is -2.61. The van der Waals surface area contributed by atoms with Crippen LogP contribution in [0.1, 0.15) is 37.5 Å². The highest BCUT2D eigenvalue weighted by atomic mass is 35.5. The minimum absolute atomic E-state index is 0.0801. The van der Waals surface area contributed by atoms with Gasteiger partial charge in [0.15, 0.2) is 0 Å². The summed E-state index contributed by atoms with van der Waals surface area (Å²) in [5, 5.41) is 10.7. The van der Waals surface area contributed by atoms with Gasteiger partial charge >= 0.3 is 0 Å². The molecule has 2 heterocycles. The van der Waals surface area contributed by atoms with Gasteiger partial charge in [0.2, 0.25) is 0 Å². The van der Waals surface area contributed by atoms with E-state index in [0.717, 1.165) is 23.4 Å². The number of allylic oxidation sites excluding steroid dienone is 1. The second-order valence-electron chi connectivity index (χ2n) is 11.4. The van der Waals surface area contributed by atoms with Gasteiger partial charge in [0.25, 0.3) is 10.0 Å². The normalized spacial score (nSPS) is 18.5. The lowest BCUT2D eigenvalue weighted by Gasteiger charge is -2.49. The van der Waals surface area contributed by atoms with Gasteiger partial charge in [-0.15, -0.1) is 0 Å². The summed E-state index contributed by atoms with van der Waals surface area (Å²) in [6.07, 6.45) is 1.83. The summed E-state index contributed by atoms with van der Waals surface area (Å²) < 4.78 is 44.3. The van der Waals surface area contributed by atoms with Crippen LogP contribution in [0.5, 0.6) is 0 Å². The molecule has 5 rings (SSSR count). The Balaban J connectivity index is 1.58. The number of hydrogen-bond donors (Lipinski definition) is 1. The Morgan fingerprint density at radius 2 is 1.82 bits per heavy atom. The Labute approximate surface area is 241 Å². The number of piperazine rings is 1. The summed E-state index contributed by atoms with van der Waals surface area (Å²) in [6, 6.07) is 17.2. The van der Waals surface area contributed by atoms with Crippen LogP contribution >= 0.6 is 11.6 Å². The van der Waals surface area contributed by atoms with E-state index in [2.05, 4.69) is 9.80 Å². The molecule has 0 radical (unpaired) electrons. The number of fused-ring (bicyclic) bond motifs is 3. The maximum atomic E-state index is 14.6. The van der Waals surface area contributed by atoms with Crippen molar-refractivity contribution in [2.24, 2.45) is 0 Å². The molecule has 0 amide bonds. The molecule has 0 aliphatic carbocycles. The van der Waals surface area contributed by atoms with Crippen LogP contribution in [0.15, 0.2) is 65.6 Å². The van der Waals surface area contributed by atoms with Crippen LogP contribution in [0.4, 0.5) is 15.8 Å². The van der Waals surface area contributed by atoms with Gasteiger partial charge in [0, 0.05) is 31.7 Å². The molecule has 3 aromatic carbocycles. The van der Waals surface area contributed by atoms with Crippen molar-refractivity contribution in [1.82, 2.24) is 4.90 Å². The van der Waals surface area contributed by atoms with E-state index in [-0.39, 0.29) is 17.5 Å².